The van der Waals surface area contributed by atoms with Crippen LogP contribution in [0.25, 0.3) is 22.6 Å². The number of fused-ring (bicyclic) bond motifs is 1. The number of anilines is 1. The first-order chi connectivity index (χ1) is 10.7. The van der Waals surface area contributed by atoms with E-state index in [2.05, 4.69) is 10.3 Å². The summed E-state index contributed by atoms with van der Waals surface area (Å²) in [5.74, 6) is 0.0812. The molecule has 22 heavy (non-hydrogen) atoms. The van der Waals surface area contributed by atoms with Gasteiger partial charge in [0.25, 0.3) is 0 Å². The van der Waals surface area contributed by atoms with Gasteiger partial charge in [0.05, 0.1) is 6.07 Å². The molecule has 1 N–H and O–H groups in total. The summed E-state index contributed by atoms with van der Waals surface area (Å²) < 4.78 is 5.68. The Morgan fingerprint density at radius 2 is 2.18 bits per heavy atom. The standard InChI is InChI=1S/C16H10ClN3O2/c17-11-4-5-14-13(9-11)20-16(22-14)10-2-1-3-12(8-10)19-15(21)6-7-18/h1-5,8-9H,6H2,(H,19,21). The number of nitrogens with zero attached hydrogens (tertiary/aromatic N) is 2. The second-order valence-electron chi connectivity index (χ2n) is 4.59. The van der Waals surface area contributed by atoms with Gasteiger partial charge in [0.2, 0.25) is 11.8 Å². The van der Waals surface area contributed by atoms with Crippen molar-refractivity contribution in [2.75, 3.05) is 5.32 Å². The highest BCUT2D eigenvalue weighted by Crippen LogP contribution is 2.27. The number of halogens is 1. The summed E-state index contributed by atoms with van der Waals surface area (Å²) in [7, 11) is 0. The largest absolute Gasteiger partial charge is 0.436 e. The lowest BCUT2D eigenvalue weighted by molar-refractivity contribution is -0.115. The van der Waals surface area contributed by atoms with E-state index in [1.54, 1.807) is 42.5 Å². The Labute approximate surface area is 131 Å². The summed E-state index contributed by atoms with van der Waals surface area (Å²) in [4.78, 5) is 15.8. The van der Waals surface area contributed by atoms with Crippen LogP contribution in [0.4, 0.5) is 5.69 Å². The molecule has 0 aliphatic rings. The molecule has 3 aromatic rings. The number of nitrogens with one attached hydrogen (secondary N) is 1. The predicted molar refractivity (Wildman–Crippen MR) is 83.3 cm³/mol. The third kappa shape index (κ3) is 2.92. The maximum Gasteiger partial charge on any atom is 0.238 e. The van der Waals surface area contributed by atoms with Crippen molar-refractivity contribution in [2.24, 2.45) is 0 Å². The minimum absolute atomic E-state index is 0.189. The van der Waals surface area contributed by atoms with Crippen LogP contribution in [0.2, 0.25) is 5.02 Å². The first kappa shape index (κ1) is 14.1. The Hall–Kier alpha value is -2.84. The molecule has 1 amide bonds. The zero-order valence-electron chi connectivity index (χ0n) is 11.3. The number of aromatic nitrogens is 1. The maximum absolute atomic E-state index is 11.5. The molecule has 0 radical (unpaired) electrons. The average Bonchev–Trinajstić information content (AvgIpc) is 2.90. The molecular weight excluding hydrogens is 302 g/mol. The Balaban J connectivity index is 1.93. The lowest BCUT2D eigenvalue weighted by Crippen LogP contribution is -2.09. The van der Waals surface area contributed by atoms with Gasteiger partial charge in [0.15, 0.2) is 5.58 Å². The number of amides is 1. The van der Waals surface area contributed by atoms with Crippen molar-refractivity contribution >= 4 is 34.3 Å². The van der Waals surface area contributed by atoms with Crippen LogP contribution < -0.4 is 5.32 Å². The minimum Gasteiger partial charge on any atom is -0.436 e. The van der Waals surface area contributed by atoms with Crippen molar-refractivity contribution in [3.63, 3.8) is 0 Å². The molecular formula is C16H10ClN3O2. The highest BCUT2D eigenvalue weighted by molar-refractivity contribution is 6.31. The molecule has 0 saturated carbocycles. The number of hydrogen-bond acceptors (Lipinski definition) is 4. The van der Waals surface area contributed by atoms with Gasteiger partial charge in [-0.1, -0.05) is 17.7 Å². The molecule has 5 nitrogen and oxygen atoms in total. The topological polar surface area (TPSA) is 78.9 Å². The molecule has 0 aliphatic heterocycles. The van der Waals surface area contributed by atoms with Crippen molar-refractivity contribution in [1.82, 2.24) is 4.98 Å². The fourth-order valence-electron chi connectivity index (χ4n) is 2.03. The molecule has 0 saturated heterocycles. The Morgan fingerprint density at radius 3 is 3.00 bits per heavy atom. The van der Waals surface area contributed by atoms with Gasteiger partial charge in [-0.25, -0.2) is 4.98 Å². The molecule has 108 valence electrons. The van der Waals surface area contributed by atoms with Gasteiger partial charge in [0, 0.05) is 16.3 Å². The molecule has 0 atom stereocenters. The summed E-state index contributed by atoms with van der Waals surface area (Å²) >= 11 is 5.93. The normalized spacial score (nSPS) is 10.4. The van der Waals surface area contributed by atoms with Crippen LogP contribution in [0, 0.1) is 11.3 Å². The van der Waals surface area contributed by atoms with Gasteiger partial charge in [-0.15, -0.1) is 0 Å². The van der Waals surface area contributed by atoms with Crippen molar-refractivity contribution in [3.8, 4) is 17.5 Å². The first-order valence-electron chi connectivity index (χ1n) is 6.49. The van der Waals surface area contributed by atoms with Crippen LogP contribution in [0.3, 0.4) is 0 Å². The number of carbonyl (C=O) groups is 1. The SMILES string of the molecule is N#CCC(=O)Nc1cccc(-c2nc3cc(Cl)ccc3o2)c1. The van der Waals surface area contributed by atoms with E-state index in [1.807, 2.05) is 6.07 Å². The van der Waals surface area contributed by atoms with Crippen LogP contribution in [0.5, 0.6) is 0 Å². The summed E-state index contributed by atoms with van der Waals surface area (Å²) in [6.07, 6.45) is -0.189. The Bertz CT molecular complexity index is 896. The molecule has 0 fully saturated rings. The van der Waals surface area contributed by atoms with Crippen molar-refractivity contribution < 1.29 is 9.21 Å². The van der Waals surface area contributed by atoms with Crippen molar-refractivity contribution in [1.29, 1.82) is 5.26 Å². The van der Waals surface area contributed by atoms with E-state index >= 15 is 0 Å². The van der Waals surface area contributed by atoms with Crippen LogP contribution >= 0.6 is 11.6 Å². The number of nitriles is 1. The summed E-state index contributed by atoms with van der Waals surface area (Å²) in [5.41, 5.74) is 2.61. The van der Waals surface area contributed by atoms with E-state index in [0.717, 1.165) is 5.56 Å². The second-order valence-corrected chi connectivity index (χ2v) is 5.03. The smallest absolute Gasteiger partial charge is 0.238 e. The van der Waals surface area contributed by atoms with Crippen LogP contribution in [0.15, 0.2) is 46.9 Å². The van der Waals surface area contributed by atoms with Crippen LogP contribution in [-0.2, 0) is 4.79 Å². The predicted octanol–water partition coefficient (Wildman–Crippen LogP) is 4.00. The third-order valence-corrected chi connectivity index (χ3v) is 3.22. The van der Waals surface area contributed by atoms with Gasteiger partial charge >= 0.3 is 0 Å². The zero-order chi connectivity index (χ0) is 15.5. The molecule has 6 heteroatoms. The molecule has 3 rings (SSSR count). The van der Waals surface area contributed by atoms with E-state index < -0.39 is 0 Å². The van der Waals surface area contributed by atoms with E-state index in [4.69, 9.17) is 21.3 Å². The van der Waals surface area contributed by atoms with E-state index in [1.165, 1.54) is 0 Å². The molecule has 0 aliphatic carbocycles. The zero-order valence-corrected chi connectivity index (χ0v) is 12.1. The van der Waals surface area contributed by atoms with E-state index in [0.29, 0.717) is 27.7 Å². The van der Waals surface area contributed by atoms with Gasteiger partial charge in [0.1, 0.15) is 11.9 Å². The Morgan fingerprint density at radius 1 is 1.32 bits per heavy atom. The molecule has 1 aromatic heterocycles. The fourth-order valence-corrected chi connectivity index (χ4v) is 2.20. The number of oxazole rings is 1. The van der Waals surface area contributed by atoms with Crippen molar-refractivity contribution in [3.05, 3.63) is 47.5 Å². The minimum atomic E-state index is -0.357. The van der Waals surface area contributed by atoms with Gasteiger partial charge in [-0.05, 0) is 36.4 Å². The van der Waals surface area contributed by atoms with E-state index in [-0.39, 0.29) is 12.3 Å². The maximum atomic E-state index is 11.5. The fraction of sp³-hybridized carbons (Fsp3) is 0.0625. The molecule has 0 spiro atoms. The average molecular weight is 312 g/mol. The van der Waals surface area contributed by atoms with E-state index in [9.17, 15) is 4.79 Å². The quantitative estimate of drug-likeness (QED) is 0.793. The highest BCUT2D eigenvalue weighted by atomic mass is 35.5. The molecule has 2 aromatic carbocycles. The molecule has 0 bridgehead atoms. The molecule has 0 unspecified atom stereocenters. The van der Waals surface area contributed by atoms with Gasteiger partial charge in [-0.2, -0.15) is 5.26 Å². The van der Waals surface area contributed by atoms with Crippen molar-refractivity contribution in [2.45, 2.75) is 6.42 Å². The third-order valence-electron chi connectivity index (χ3n) is 2.98. The lowest BCUT2D eigenvalue weighted by atomic mass is 10.2. The summed E-state index contributed by atoms with van der Waals surface area (Å²) in [6.45, 7) is 0. The Kier molecular flexibility index (Phi) is 3.77. The lowest BCUT2D eigenvalue weighted by Gasteiger charge is -2.03. The number of benzene rings is 2. The van der Waals surface area contributed by atoms with Gasteiger partial charge < -0.3 is 9.73 Å². The summed E-state index contributed by atoms with van der Waals surface area (Å²) in [5, 5.41) is 11.7. The van der Waals surface area contributed by atoms with Gasteiger partial charge in [-0.3, -0.25) is 4.79 Å². The second kappa shape index (κ2) is 5.88. The van der Waals surface area contributed by atoms with Crippen LogP contribution in [0.1, 0.15) is 6.42 Å². The monoisotopic (exact) mass is 311 g/mol. The first-order valence-corrected chi connectivity index (χ1v) is 6.87. The van der Waals surface area contributed by atoms with Crippen LogP contribution in [-0.4, -0.2) is 10.9 Å². The number of hydrogen-bond donors (Lipinski definition) is 1. The molecule has 1 heterocycles. The summed E-state index contributed by atoms with van der Waals surface area (Å²) in [6, 6.07) is 14.1. The number of rotatable bonds is 3. The highest BCUT2D eigenvalue weighted by Gasteiger charge is 2.10. The number of carbonyl (C=O) groups excluding carboxylic acids is 1.